The lowest BCUT2D eigenvalue weighted by Crippen LogP contribution is -2.15. The summed E-state index contributed by atoms with van der Waals surface area (Å²) in [5.41, 5.74) is 3.34. The van der Waals surface area contributed by atoms with Gasteiger partial charge in [0, 0.05) is 5.69 Å². The summed E-state index contributed by atoms with van der Waals surface area (Å²) >= 11 is 0. The molecule has 0 aliphatic rings. The number of anilines is 3. The molecule has 0 unspecified atom stereocenters. The van der Waals surface area contributed by atoms with E-state index in [2.05, 4.69) is 20.8 Å². The van der Waals surface area contributed by atoms with Crippen molar-refractivity contribution < 1.29 is 9.18 Å². The van der Waals surface area contributed by atoms with Crippen molar-refractivity contribution in [3.8, 4) is 0 Å². The summed E-state index contributed by atoms with van der Waals surface area (Å²) in [6.45, 7) is 4.00. The predicted octanol–water partition coefficient (Wildman–Crippen LogP) is 4.23. The van der Waals surface area contributed by atoms with Gasteiger partial charge in [-0.3, -0.25) is 4.79 Å². The largest absolute Gasteiger partial charge is 0.338 e. The maximum Gasteiger partial charge on any atom is 0.276 e. The Hall–Kier alpha value is -3.28. The second-order valence-corrected chi connectivity index (χ2v) is 5.63. The van der Waals surface area contributed by atoms with E-state index in [1.165, 1.54) is 12.1 Å². The third kappa shape index (κ3) is 3.80. The van der Waals surface area contributed by atoms with Gasteiger partial charge < -0.3 is 10.6 Å². The average molecular weight is 336 g/mol. The number of aromatic nitrogens is 2. The first-order valence-electron chi connectivity index (χ1n) is 7.77. The van der Waals surface area contributed by atoms with Crippen LogP contribution >= 0.6 is 0 Å². The molecule has 1 heterocycles. The van der Waals surface area contributed by atoms with Crippen LogP contribution in [0.2, 0.25) is 0 Å². The molecule has 2 N–H and O–H groups in total. The summed E-state index contributed by atoms with van der Waals surface area (Å²) in [5.74, 6) is -0.492. The summed E-state index contributed by atoms with van der Waals surface area (Å²) in [5, 5.41) is 13.6. The molecule has 0 aliphatic heterocycles. The van der Waals surface area contributed by atoms with Crippen molar-refractivity contribution in [2.75, 3.05) is 10.6 Å². The molecule has 0 spiro atoms. The van der Waals surface area contributed by atoms with Gasteiger partial charge in [-0.2, -0.15) is 0 Å². The fourth-order valence-corrected chi connectivity index (χ4v) is 2.41. The number of aryl methyl sites for hydroxylation is 2. The Balaban J connectivity index is 1.74. The summed E-state index contributed by atoms with van der Waals surface area (Å²) < 4.78 is 13.6. The van der Waals surface area contributed by atoms with E-state index in [0.29, 0.717) is 5.82 Å². The van der Waals surface area contributed by atoms with Gasteiger partial charge in [-0.25, -0.2) is 4.39 Å². The molecular weight excluding hydrogens is 319 g/mol. The molecule has 126 valence electrons. The van der Waals surface area contributed by atoms with Crippen LogP contribution in [0.3, 0.4) is 0 Å². The van der Waals surface area contributed by atoms with E-state index in [9.17, 15) is 9.18 Å². The van der Waals surface area contributed by atoms with Crippen molar-refractivity contribution in [2.45, 2.75) is 13.8 Å². The molecule has 1 amide bonds. The minimum absolute atomic E-state index is 0.104. The fourth-order valence-electron chi connectivity index (χ4n) is 2.41. The lowest BCUT2D eigenvalue weighted by Gasteiger charge is -2.11. The van der Waals surface area contributed by atoms with Crippen LogP contribution in [-0.4, -0.2) is 16.1 Å². The Morgan fingerprint density at radius 1 is 0.920 bits per heavy atom. The molecule has 0 atom stereocenters. The second kappa shape index (κ2) is 7.09. The molecule has 0 aliphatic carbocycles. The van der Waals surface area contributed by atoms with Crippen LogP contribution in [-0.2, 0) is 0 Å². The molecule has 6 heteroatoms. The van der Waals surface area contributed by atoms with E-state index in [0.717, 1.165) is 16.8 Å². The van der Waals surface area contributed by atoms with Crippen molar-refractivity contribution in [2.24, 2.45) is 0 Å². The van der Waals surface area contributed by atoms with Crippen molar-refractivity contribution in [3.05, 3.63) is 77.2 Å². The van der Waals surface area contributed by atoms with Gasteiger partial charge in [0.15, 0.2) is 11.5 Å². The third-order valence-electron chi connectivity index (χ3n) is 3.75. The maximum absolute atomic E-state index is 13.6. The van der Waals surface area contributed by atoms with Crippen LogP contribution < -0.4 is 10.6 Å². The monoisotopic (exact) mass is 336 g/mol. The molecule has 0 bridgehead atoms. The van der Waals surface area contributed by atoms with Crippen molar-refractivity contribution >= 4 is 23.1 Å². The third-order valence-corrected chi connectivity index (χ3v) is 3.75. The van der Waals surface area contributed by atoms with E-state index in [1.54, 1.807) is 24.3 Å². The molecular formula is C19H17FN4O. The highest BCUT2D eigenvalue weighted by Crippen LogP contribution is 2.23. The Morgan fingerprint density at radius 3 is 2.28 bits per heavy atom. The molecule has 0 saturated carbocycles. The Bertz CT molecular complexity index is 889. The highest BCUT2D eigenvalue weighted by molar-refractivity contribution is 6.02. The van der Waals surface area contributed by atoms with E-state index in [-0.39, 0.29) is 11.4 Å². The highest BCUT2D eigenvalue weighted by atomic mass is 19.1. The van der Waals surface area contributed by atoms with E-state index < -0.39 is 11.7 Å². The first-order chi connectivity index (χ1) is 12.0. The SMILES string of the molecule is Cc1cccc(C)c1Nc1ccc(C(=O)Nc2ccccc2F)nn1. The minimum atomic E-state index is -0.517. The van der Waals surface area contributed by atoms with E-state index in [1.807, 2.05) is 32.0 Å². The van der Waals surface area contributed by atoms with Gasteiger partial charge in [0.1, 0.15) is 5.82 Å². The van der Waals surface area contributed by atoms with Crippen LogP contribution in [0.1, 0.15) is 21.6 Å². The van der Waals surface area contributed by atoms with E-state index in [4.69, 9.17) is 0 Å². The maximum atomic E-state index is 13.6. The molecule has 3 aromatic rings. The minimum Gasteiger partial charge on any atom is -0.338 e. The number of para-hydroxylation sites is 2. The van der Waals surface area contributed by atoms with Crippen LogP contribution in [0, 0.1) is 19.7 Å². The van der Waals surface area contributed by atoms with Crippen LogP contribution in [0.5, 0.6) is 0 Å². The number of nitrogens with one attached hydrogen (secondary N) is 2. The number of carbonyl (C=O) groups excluding carboxylic acids is 1. The van der Waals surface area contributed by atoms with Crippen LogP contribution in [0.15, 0.2) is 54.6 Å². The predicted molar refractivity (Wildman–Crippen MR) is 95.6 cm³/mol. The average Bonchev–Trinajstić information content (AvgIpc) is 2.61. The van der Waals surface area contributed by atoms with Gasteiger partial charge in [0.05, 0.1) is 5.69 Å². The zero-order chi connectivity index (χ0) is 17.8. The van der Waals surface area contributed by atoms with Crippen LogP contribution in [0.25, 0.3) is 0 Å². The molecule has 3 rings (SSSR count). The van der Waals surface area contributed by atoms with Gasteiger partial charge in [-0.1, -0.05) is 30.3 Å². The summed E-state index contributed by atoms with van der Waals surface area (Å²) in [4.78, 5) is 12.1. The Morgan fingerprint density at radius 2 is 1.64 bits per heavy atom. The lowest BCUT2D eigenvalue weighted by molar-refractivity contribution is 0.102. The normalized spacial score (nSPS) is 10.4. The topological polar surface area (TPSA) is 66.9 Å². The van der Waals surface area contributed by atoms with Crippen molar-refractivity contribution in [1.82, 2.24) is 10.2 Å². The number of benzene rings is 2. The standard InChI is InChI=1S/C19H17FN4O/c1-12-6-5-7-13(2)18(12)22-17-11-10-16(23-24-17)19(25)21-15-9-4-3-8-14(15)20/h3-11H,1-2H3,(H,21,25)(H,22,24). The lowest BCUT2D eigenvalue weighted by atomic mass is 10.1. The smallest absolute Gasteiger partial charge is 0.276 e. The van der Waals surface area contributed by atoms with Gasteiger partial charge in [-0.15, -0.1) is 10.2 Å². The molecule has 2 aromatic carbocycles. The number of halogens is 1. The second-order valence-electron chi connectivity index (χ2n) is 5.63. The molecule has 1 aromatic heterocycles. The van der Waals surface area contributed by atoms with Gasteiger partial charge in [-0.05, 0) is 49.2 Å². The number of hydrogen-bond donors (Lipinski definition) is 2. The number of amides is 1. The van der Waals surface area contributed by atoms with Gasteiger partial charge in [0.2, 0.25) is 0 Å². The summed E-state index contributed by atoms with van der Waals surface area (Å²) in [6.07, 6.45) is 0. The zero-order valence-corrected chi connectivity index (χ0v) is 13.9. The van der Waals surface area contributed by atoms with Gasteiger partial charge in [0.25, 0.3) is 5.91 Å². The quantitative estimate of drug-likeness (QED) is 0.748. The Kier molecular flexibility index (Phi) is 4.70. The molecule has 5 nitrogen and oxygen atoms in total. The first-order valence-corrected chi connectivity index (χ1v) is 7.77. The number of carbonyl (C=O) groups is 1. The Labute approximate surface area is 144 Å². The van der Waals surface area contributed by atoms with E-state index >= 15 is 0 Å². The first kappa shape index (κ1) is 16.6. The zero-order valence-electron chi connectivity index (χ0n) is 13.9. The fraction of sp³-hybridized carbons (Fsp3) is 0.105. The number of nitrogens with zero attached hydrogens (tertiary/aromatic N) is 2. The summed E-state index contributed by atoms with van der Waals surface area (Å²) in [6, 6.07) is 15.1. The number of rotatable bonds is 4. The number of hydrogen-bond acceptors (Lipinski definition) is 4. The van der Waals surface area contributed by atoms with Crippen LogP contribution in [0.4, 0.5) is 21.6 Å². The molecule has 25 heavy (non-hydrogen) atoms. The summed E-state index contributed by atoms with van der Waals surface area (Å²) in [7, 11) is 0. The van der Waals surface area contributed by atoms with Crippen molar-refractivity contribution in [1.29, 1.82) is 0 Å². The van der Waals surface area contributed by atoms with Crippen molar-refractivity contribution in [3.63, 3.8) is 0 Å². The van der Waals surface area contributed by atoms with Gasteiger partial charge >= 0.3 is 0 Å². The molecule has 0 fully saturated rings. The molecule has 0 saturated heterocycles. The highest BCUT2D eigenvalue weighted by Gasteiger charge is 2.11. The molecule has 0 radical (unpaired) electrons.